The van der Waals surface area contributed by atoms with Gasteiger partial charge in [0.15, 0.2) is 0 Å². The third-order valence-electron chi connectivity index (χ3n) is 6.74. The van der Waals surface area contributed by atoms with Crippen LogP contribution in [0.15, 0.2) is 17.1 Å². The minimum Gasteiger partial charge on any atom is -0.298 e. The number of fused-ring (bicyclic) bond motifs is 9. The Hall–Kier alpha value is -0.590. The number of hydrogen-bond acceptors (Lipinski definition) is 1. The first-order valence-corrected chi connectivity index (χ1v) is 7.98. The second-order valence-electron chi connectivity index (χ2n) is 7.03. The van der Waals surface area contributed by atoms with E-state index in [-0.39, 0.29) is 0 Å². The number of allylic oxidation sites excluding steroid dienone is 2. The van der Waals surface area contributed by atoms with Crippen molar-refractivity contribution < 1.29 is 0 Å². The van der Waals surface area contributed by atoms with Gasteiger partial charge in [0.2, 0.25) is 0 Å². The molecule has 0 saturated heterocycles. The fourth-order valence-electron chi connectivity index (χ4n) is 6.39. The van der Waals surface area contributed by atoms with Crippen LogP contribution in [0.3, 0.4) is 0 Å². The molecule has 0 aromatic carbocycles. The van der Waals surface area contributed by atoms with Crippen molar-refractivity contribution in [1.29, 1.82) is 0 Å². The van der Waals surface area contributed by atoms with Gasteiger partial charge in [0.1, 0.15) is 0 Å². The van der Waals surface area contributed by atoms with Crippen molar-refractivity contribution in [3.63, 3.8) is 0 Å². The summed E-state index contributed by atoms with van der Waals surface area (Å²) < 4.78 is 0. The molecule has 0 amide bonds. The Morgan fingerprint density at radius 3 is 2.33 bits per heavy atom. The lowest BCUT2D eigenvalue weighted by atomic mass is 9.64. The fourth-order valence-corrected chi connectivity index (χ4v) is 6.39. The lowest BCUT2D eigenvalue weighted by Crippen LogP contribution is -2.38. The Labute approximate surface area is 111 Å². The molecule has 3 fully saturated rings. The Bertz CT molecular complexity index is 396. The summed E-state index contributed by atoms with van der Waals surface area (Å²) in [5.74, 6) is 7.95. The molecule has 98 valence electrons. The molecule has 0 heterocycles. The first kappa shape index (κ1) is 11.3. The molecule has 0 N–H and O–H groups in total. The molecule has 0 aromatic heterocycles. The Morgan fingerprint density at radius 1 is 1.06 bits per heavy atom. The average Bonchev–Trinajstić information content (AvgIpc) is 3.11. The zero-order valence-corrected chi connectivity index (χ0v) is 11.6. The van der Waals surface area contributed by atoms with Gasteiger partial charge in [0.25, 0.3) is 0 Å². The molecule has 18 heavy (non-hydrogen) atoms. The molecule has 1 nitrogen and oxygen atoms in total. The lowest BCUT2D eigenvalue weighted by molar-refractivity contribution is 0.0900. The van der Waals surface area contributed by atoms with Crippen molar-refractivity contribution >= 4 is 6.21 Å². The van der Waals surface area contributed by atoms with Crippen LogP contribution in [0, 0.1) is 47.3 Å². The summed E-state index contributed by atoms with van der Waals surface area (Å²) >= 11 is 0. The smallest absolute Gasteiger partial charge is 0.0419 e. The summed E-state index contributed by atoms with van der Waals surface area (Å²) in [4.78, 5) is 4.60. The molecule has 4 rings (SSSR count). The van der Waals surface area contributed by atoms with Crippen LogP contribution in [0.2, 0.25) is 0 Å². The van der Waals surface area contributed by atoms with Gasteiger partial charge in [-0.3, -0.25) is 4.99 Å². The number of nitrogens with zero attached hydrogens (tertiary/aromatic N) is 1. The molecule has 0 aromatic rings. The van der Waals surface area contributed by atoms with E-state index in [4.69, 9.17) is 0 Å². The van der Waals surface area contributed by atoms with E-state index in [1.54, 1.807) is 0 Å². The summed E-state index contributed by atoms with van der Waals surface area (Å²) in [6, 6.07) is 0. The summed E-state index contributed by atoms with van der Waals surface area (Å²) in [5, 5.41) is 0. The maximum atomic E-state index is 4.60. The van der Waals surface area contributed by atoms with Gasteiger partial charge in [-0.25, -0.2) is 0 Å². The Balaban J connectivity index is 1.64. The highest BCUT2D eigenvalue weighted by Gasteiger charge is 2.63. The minimum absolute atomic E-state index is 0.908. The summed E-state index contributed by atoms with van der Waals surface area (Å²) in [7, 11) is 0. The van der Waals surface area contributed by atoms with E-state index in [1.165, 1.54) is 19.3 Å². The zero-order chi connectivity index (χ0) is 12.3. The highest BCUT2D eigenvalue weighted by atomic mass is 14.8. The van der Waals surface area contributed by atoms with E-state index in [9.17, 15) is 0 Å². The van der Waals surface area contributed by atoms with Crippen LogP contribution >= 0.6 is 0 Å². The quantitative estimate of drug-likeness (QED) is 0.406. The summed E-state index contributed by atoms with van der Waals surface area (Å²) in [6.07, 6.45) is 11.5. The van der Waals surface area contributed by atoms with Crippen LogP contribution in [-0.4, -0.2) is 12.8 Å². The minimum atomic E-state index is 0.908. The number of rotatable bonds is 3. The van der Waals surface area contributed by atoms with Crippen molar-refractivity contribution in [3.05, 3.63) is 12.2 Å². The standard InChI is InChI=1S/C17H25N/c1-3-12-13-8-14(15(12)9-18-4-2)17-11-6-5-10(7-11)16(13)17/h4-6,10-17H,3,7-9H2,1-2H3. The maximum absolute atomic E-state index is 4.60. The van der Waals surface area contributed by atoms with Crippen molar-refractivity contribution in [1.82, 2.24) is 0 Å². The van der Waals surface area contributed by atoms with Crippen LogP contribution in [-0.2, 0) is 0 Å². The highest BCUT2D eigenvalue weighted by Crippen LogP contribution is 2.69. The van der Waals surface area contributed by atoms with Gasteiger partial charge in [-0.1, -0.05) is 25.5 Å². The van der Waals surface area contributed by atoms with Crippen molar-refractivity contribution in [2.24, 2.45) is 52.3 Å². The predicted molar refractivity (Wildman–Crippen MR) is 75.6 cm³/mol. The molecule has 8 atom stereocenters. The molecular weight excluding hydrogens is 218 g/mol. The van der Waals surface area contributed by atoms with Crippen LogP contribution < -0.4 is 0 Å². The molecular formula is C17H25N. The molecule has 4 aliphatic carbocycles. The van der Waals surface area contributed by atoms with E-state index in [0.29, 0.717) is 0 Å². The molecule has 8 unspecified atom stereocenters. The van der Waals surface area contributed by atoms with Crippen molar-refractivity contribution in [3.8, 4) is 0 Å². The summed E-state index contributed by atoms with van der Waals surface area (Å²) in [5.41, 5.74) is 0. The number of hydrogen-bond donors (Lipinski definition) is 0. The molecule has 1 heteroatoms. The van der Waals surface area contributed by atoms with Gasteiger partial charge in [-0.15, -0.1) is 0 Å². The maximum Gasteiger partial charge on any atom is 0.0419 e. The first-order chi connectivity index (χ1) is 8.85. The van der Waals surface area contributed by atoms with E-state index in [2.05, 4.69) is 31.0 Å². The second kappa shape index (κ2) is 3.95. The van der Waals surface area contributed by atoms with Crippen molar-refractivity contribution in [2.45, 2.75) is 33.1 Å². The van der Waals surface area contributed by atoms with E-state index in [0.717, 1.165) is 53.9 Å². The lowest BCUT2D eigenvalue weighted by Gasteiger charge is -2.41. The van der Waals surface area contributed by atoms with Gasteiger partial charge >= 0.3 is 0 Å². The molecule has 4 aliphatic rings. The van der Waals surface area contributed by atoms with Gasteiger partial charge in [0.05, 0.1) is 0 Å². The van der Waals surface area contributed by atoms with Gasteiger partial charge in [0, 0.05) is 6.54 Å². The van der Waals surface area contributed by atoms with Gasteiger partial charge < -0.3 is 0 Å². The topological polar surface area (TPSA) is 12.4 Å². The normalized spacial score (nSPS) is 55.9. The third-order valence-corrected chi connectivity index (χ3v) is 6.74. The second-order valence-corrected chi connectivity index (χ2v) is 7.03. The van der Waals surface area contributed by atoms with Crippen LogP contribution in [0.25, 0.3) is 0 Å². The molecule has 0 spiro atoms. The monoisotopic (exact) mass is 243 g/mol. The van der Waals surface area contributed by atoms with E-state index < -0.39 is 0 Å². The zero-order valence-electron chi connectivity index (χ0n) is 11.6. The molecule has 0 aliphatic heterocycles. The molecule has 3 saturated carbocycles. The van der Waals surface area contributed by atoms with Crippen molar-refractivity contribution in [2.75, 3.05) is 6.54 Å². The average molecular weight is 243 g/mol. The SMILES string of the molecule is CC=NCC1C(CC)C2CC1C1C3C=CC(C3)C21. The molecule has 0 radical (unpaired) electrons. The number of aliphatic imine (C=N–C) groups is 1. The fraction of sp³-hybridized carbons (Fsp3) is 0.824. The predicted octanol–water partition coefficient (Wildman–Crippen LogP) is 3.81. The highest BCUT2D eigenvalue weighted by molar-refractivity contribution is 5.53. The Kier molecular flexibility index (Phi) is 2.47. The van der Waals surface area contributed by atoms with E-state index >= 15 is 0 Å². The van der Waals surface area contributed by atoms with Gasteiger partial charge in [-0.05, 0) is 73.3 Å². The largest absolute Gasteiger partial charge is 0.298 e. The van der Waals surface area contributed by atoms with Crippen LogP contribution in [0.5, 0.6) is 0 Å². The Morgan fingerprint density at radius 2 is 1.72 bits per heavy atom. The third kappa shape index (κ3) is 1.26. The van der Waals surface area contributed by atoms with Crippen LogP contribution in [0.4, 0.5) is 0 Å². The van der Waals surface area contributed by atoms with Crippen LogP contribution in [0.1, 0.15) is 33.1 Å². The first-order valence-electron chi connectivity index (χ1n) is 7.98. The molecule has 4 bridgehead atoms. The summed E-state index contributed by atoms with van der Waals surface area (Å²) in [6.45, 7) is 5.59. The van der Waals surface area contributed by atoms with E-state index in [1.807, 2.05) is 6.21 Å². The van der Waals surface area contributed by atoms with Gasteiger partial charge in [-0.2, -0.15) is 0 Å².